The Morgan fingerprint density at radius 2 is 1.91 bits per heavy atom. The van der Waals surface area contributed by atoms with Crippen LogP contribution in [-0.4, -0.2) is 18.2 Å². The van der Waals surface area contributed by atoms with Crippen molar-refractivity contribution in [3.05, 3.63) is 57.9 Å². The first-order valence-electron chi connectivity index (χ1n) is 6.33. The first-order valence-corrected chi connectivity index (χ1v) is 7.21. The van der Waals surface area contributed by atoms with Gasteiger partial charge in [-0.25, -0.2) is 9.79 Å². The quantitative estimate of drug-likeness (QED) is 0.627. The van der Waals surface area contributed by atoms with E-state index in [1.807, 2.05) is 5.38 Å². The number of thiophene rings is 1. The molecule has 23 heavy (non-hydrogen) atoms. The van der Waals surface area contributed by atoms with Gasteiger partial charge in [-0.2, -0.15) is 0 Å². The molecule has 1 aliphatic rings. The average Bonchev–Trinajstić information content (AvgIpc) is 3.10. The third-order valence-electron chi connectivity index (χ3n) is 2.77. The van der Waals surface area contributed by atoms with Gasteiger partial charge in [-0.1, -0.05) is 18.2 Å². The van der Waals surface area contributed by atoms with Crippen molar-refractivity contribution < 1.29 is 27.4 Å². The molecule has 0 N–H and O–H groups in total. The van der Waals surface area contributed by atoms with Crippen molar-refractivity contribution >= 4 is 29.3 Å². The lowest BCUT2D eigenvalue weighted by molar-refractivity contribution is -0.274. The number of carbonyl (C=O) groups excluding carboxylic acids is 1. The van der Waals surface area contributed by atoms with E-state index in [2.05, 4.69) is 9.73 Å². The van der Waals surface area contributed by atoms with Crippen LogP contribution in [0.2, 0.25) is 0 Å². The van der Waals surface area contributed by atoms with Crippen LogP contribution >= 0.6 is 11.3 Å². The second-order valence-corrected chi connectivity index (χ2v) is 5.38. The minimum Gasteiger partial charge on any atom is -0.406 e. The van der Waals surface area contributed by atoms with Crippen LogP contribution < -0.4 is 4.74 Å². The second-order valence-electron chi connectivity index (χ2n) is 4.43. The first kappa shape index (κ1) is 15.3. The number of aliphatic imine (C=N–C) groups is 1. The molecule has 0 saturated heterocycles. The second kappa shape index (κ2) is 5.88. The summed E-state index contributed by atoms with van der Waals surface area (Å²) < 4.78 is 45.1. The maximum absolute atomic E-state index is 12.1. The molecule has 1 aliphatic heterocycles. The van der Waals surface area contributed by atoms with Crippen LogP contribution in [0.25, 0.3) is 6.08 Å². The number of benzene rings is 1. The number of esters is 1. The van der Waals surface area contributed by atoms with Gasteiger partial charge in [0.2, 0.25) is 5.90 Å². The van der Waals surface area contributed by atoms with E-state index in [0.29, 0.717) is 5.56 Å². The van der Waals surface area contributed by atoms with Crippen LogP contribution in [0.1, 0.15) is 10.4 Å². The summed E-state index contributed by atoms with van der Waals surface area (Å²) in [5.74, 6) is -0.728. The van der Waals surface area contributed by atoms with Gasteiger partial charge in [-0.15, -0.1) is 24.5 Å². The molecule has 118 valence electrons. The summed E-state index contributed by atoms with van der Waals surface area (Å²) in [4.78, 5) is 16.6. The Kier molecular flexibility index (Phi) is 3.91. The van der Waals surface area contributed by atoms with Crippen molar-refractivity contribution in [1.82, 2.24) is 0 Å². The molecule has 2 heterocycles. The molecule has 0 fully saturated rings. The number of halogens is 3. The highest BCUT2D eigenvalue weighted by molar-refractivity contribution is 7.12. The zero-order valence-corrected chi connectivity index (χ0v) is 12.1. The van der Waals surface area contributed by atoms with Gasteiger partial charge in [-0.05, 0) is 35.2 Å². The lowest BCUT2D eigenvalue weighted by Crippen LogP contribution is -2.16. The number of carbonyl (C=O) groups is 1. The van der Waals surface area contributed by atoms with E-state index in [9.17, 15) is 18.0 Å². The standard InChI is InChI=1S/C15H8F3NO3S/c16-15(17,18)22-10-5-3-9(4-6-10)8-11-14(20)21-13(19-11)12-2-1-7-23-12/h1-8H/b11-8-. The minimum absolute atomic E-state index is 0.0814. The summed E-state index contributed by atoms with van der Waals surface area (Å²) in [5.41, 5.74) is 0.584. The summed E-state index contributed by atoms with van der Waals surface area (Å²) in [6.45, 7) is 0. The molecule has 0 unspecified atom stereocenters. The van der Waals surface area contributed by atoms with Crippen LogP contribution in [0.4, 0.5) is 13.2 Å². The summed E-state index contributed by atoms with van der Waals surface area (Å²) in [7, 11) is 0. The number of hydrogen-bond donors (Lipinski definition) is 0. The fraction of sp³-hybridized carbons (Fsp3) is 0.0667. The number of rotatable bonds is 3. The zero-order chi connectivity index (χ0) is 16.4. The van der Waals surface area contributed by atoms with Gasteiger partial charge in [0, 0.05) is 0 Å². The van der Waals surface area contributed by atoms with E-state index < -0.39 is 12.3 Å². The smallest absolute Gasteiger partial charge is 0.406 e. The first-order chi connectivity index (χ1) is 10.9. The summed E-state index contributed by atoms with van der Waals surface area (Å²) in [5, 5.41) is 1.83. The molecule has 8 heteroatoms. The maximum Gasteiger partial charge on any atom is 0.573 e. The van der Waals surface area contributed by atoms with Crippen molar-refractivity contribution in [1.29, 1.82) is 0 Å². The third kappa shape index (κ3) is 3.78. The molecular formula is C15H8F3NO3S. The SMILES string of the molecule is O=C1OC(c2cccs2)=N/C1=C\c1ccc(OC(F)(F)F)cc1. The van der Waals surface area contributed by atoms with Gasteiger partial charge in [0.25, 0.3) is 0 Å². The number of alkyl halides is 3. The van der Waals surface area contributed by atoms with Gasteiger partial charge in [0.1, 0.15) is 5.75 Å². The highest BCUT2D eigenvalue weighted by atomic mass is 32.1. The van der Waals surface area contributed by atoms with Crippen LogP contribution in [-0.2, 0) is 9.53 Å². The molecule has 0 saturated carbocycles. The van der Waals surface area contributed by atoms with E-state index in [4.69, 9.17) is 4.74 Å². The predicted molar refractivity (Wildman–Crippen MR) is 78.1 cm³/mol. The van der Waals surface area contributed by atoms with Gasteiger partial charge in [0.05, 0.1) is 4.88 Å². The van der Waals surface area contributed by atoms with Crippen LogP contribution in [0.5, 0.6) is 5.75 Å². The van der Waals surface area contributed by atoms with E-state index in [-0.39, 0.29) is 17.3 Å². The van der Waals surface area contributed by atoms with Gasteiger partial charge >= 0.3 is 12.3 Å². The number of hydrogen-bond acceptors (Lipinski definition) is 5. The van der Waals surface area contributed by atoms with E-state index >= 15 is 0 Å². The average molecular weight is 339 g/mol. The lowest BCUT2D eigenvalue weighted by atomic mass is 10.2. The molecule has 0 radical (unpaired) electrons. The summed E-state index contributed by atoms with van der Waals surface area (Å²) in [6, 6.07) is 8.66. The molecule has 0 spiro atoms. The lowest BCUT2D eigenvalue weighted by Gasteiger charge is -2.08. The molecule has 4 nitrogen and oxygen atoms in total. The Hall–Kier alpha value is -2.61. The minimum atomic E-state index is -4.74. The molecular weight excluding hydrogens is 331 g/mol. The Bertz CT molecular complexity index is 777. The van der Waals surface area contributed by atoms with Crippen molar-refractivity contribution in [3.63, 3.8) is 0 Å². The Labute approximate surface area is 132 Å². The van der Waals surface area contributed by atoms with E-state index in [0.717, 1.165) is 17.0 Å². The molecule has 0 amide bonds. The van der Waals surface area contributed by atoms with Crippen molar-refractivity contribution in [2.24, 2.45) is 4.99 Å². The Morgan fingerprint density at radius 1 is 1.17 bits per heavy atom. The Morgan fingerprint density at radius 3 is 2.52 bits per heavy atom. The predicted octanol–water partition coefficient (Wildman–Crippen LogP) is 3.99. The van der Waals surface area contributed by atoms with Crippen LogP contribution in [0, 0.1) is 0 Å². The largest absolute Gasteiger partial charge is 0.573 e. The van der Waals surface area contributed by atoms with E-state index in [1.54, 1.807) is 12.1 Å². The molecule has 0 aliphatic carbocycles. The molecule has 1 aromatic heterocycles. The monoisotopic (exact) mass is 339 g/mol. The molecule has 2 aromatic rings. The van der Waals surface area contributed by atoms with Crippen molar-refractivity contribution in [3.8, 4) is 5.75 Å². The van der Waals surface area contributed by atoms with Crippen LogP contribution in [0.15, 0.2) is 52.5 Å². The molecule has 0 bridgehead atoms. The maximum atomic E-state index is 12.1. The summed E-state index contributed by atoms with van der Waals surface area (Å²) in [6.07, 6.45) is -3.31. The third-order valence-corrected chi connectivity index (χ3v) is 3.63. The highest BCUT2D eigenvalue weighted by Crippen LogP contribution is 2.25. The fourth-order valence-corrected chi connectivity index (χ4v) is 2.49. The number of ether oxygens (including phenoxy) is 2. The fourth-order valence-electron chi connectivity index (χ4n) is 1.84. The van der Waals surface area contributed by atoms with Crippen molar-refractivity contribution in [2.45, 2.75) is 6.36 Å². The molecule has 0 atom stereocenters. The van der Waals surface area contributed by atoms with Gasteiger partial charge in [0.15, 0.2) is 5.70 Å². The molecule has 1 aromatic carbocycles. The van der Waals surface area contributed by atoms with Crippen molar-refractivity contribution in [2.75, 3.05) is 0 Å². The molecule has 3 rings (SSSR count). The zero-order valence-electron chi connectivity index (χ0n) is 11.3. The summed E-state index contributed by atoms with van der Waals surface area (Å²) >= 11 is 1.38. The topological polar surface area (TPSA) is 47.9 Å². The van der Waals surface area contributed by atoms with Gasteiger partial charge in [-0.3, -0.25) is 0 Å². The Balaban J connectivity index is 1.80. The number of cyclic esters (lactones) is 1. The number of nitrogens with zero attached hydrogens (tertiary/aromatic N) is 1. The van der Waals surface area contributed by atoms with Crippen LogP contribution in [0.3, 0.4) is 0 Å². The highest BCUT2D eigenvalue weighted by Gasteiger charge is 2.31. The van der Waals surface area contributed by atoms with E-state index in [1.165, 1.54) is 29.5 Å². The normalized spacial score (nSPS) is 16.4. The van der Waals surface area contributed by atoms with Gasteiger partial charge < -0.3 is 9.47 Å².